The summed E-state index contributed by atoms with van der Waals surface area (Å²) in [4.78, 5) is 18.4. The minimum absolute atomic E-state index is 0.0818. The Kier molecular flexibility index (Phi) is 3.18. The molecule has 0 aliphatic carbocycles. The van der Waals surface area contributed by atoms with Gasteiger partial charge >= 0.3 is 0 Å². The van der Waals surface area contributed by atoms with E-state index in [1.165, 1.54) is 12.5 Å². The molecule has 5 nitrogen and oxygen atoms in total. The minimum atomic E-state index is -0.0818. The Morgan fingerprint density at radius 3 is 3.11 bits per heavy atom. The maximum absolute atomic E-state index is 11.9. The molecule has 1 saturated heterocycles. The first-order valence-electron chi connectivity index (χ1n) is 6.32. The van der Waals surface area contributed by atoms with Crippen molar-refractivity contribution in [3.05, 3.63) is 48.6 Å². The lowest BCUT2D eigenvalue weighted by Gasteiger charge is -2.17. The molecule has 0 aromatic carbocycles. The normalized spacial score (nSPS) is 18.5. The van der Waals surface area contributed by atoms with Crippen LogP contribution in [0, 0.1) is 0 Å². The molecule has 0 spiro atoms. The smallest absolute Gasteiger partial charge is 0.254 e. The highest BCUT2D eigenvalue weighted by Crippen LogP contribution is 2.17. The van der Waals surface area contributed by atoms with Crippen LogP contribution in [0.1, 0.15) is 16.8 Å². The van der Waals surface area contributed by atoms with E-state index in [9.17, 15) is 4.79 Å². The second kappa shape index (κ2) is 5.14. The summed E-state index contributed by atoms with van der Waals surface area (Å²) < 4.78 is 4.91. The van der Waals surface area contributed by atoms with Crippen LogP contribution in [0.4, 0.5) is 5.82 Å². The average Bonchev–Trinajstić information content (AvgIpc) is 3.11. The fraction of sp³-hybridized carbons (Fsp3) is 0.286. The van der Waals surface area contributed by atoms with Gasteiger partial charge in [-0.05, 0) is 24.6 Å². The van der Waals surface area contributed by atoms with Gasteiger partial charge in [0.2, 0.25) is 0 Å². The molecule has 5 heteroatoms. The van der Waals surface area contributed by atoms with Crippen molar-refractivity contribution < 1.29 is 9.21 Å². The Hall–Kier alpha value is -2.30. The third-order valence-electron chi connectivity index (χ3n) is 3.28. The second-order valence-corrected chi connectivity index (χ2v) is 4.61. The van der Waals surface area contributed by atoms with E-state index in [0.29, 0.717) is 5.56 Å². The zero-order valence-electron chi connectivity index (χ0n) is 10.5. The van der Waals surface area contributed by atoms with Crippen LogP contribution in [0.2, 0.25) is 0 Å². The molecule has 2 aromatic heterocycles. The molecule has 1 atom stereocenters. The van der Waals surface area contributed by atoms with Gasteiger partial charge in [-0.2, -0.15) is 0 Å². The van der Waals surface area contributed by atoms with Crippen LogP contribution in [0.5, 0.6) is 0 Å². The van der Waals surface area contributed by atoms with Gasteiger partial charge in [0, 0.05) is 25.3 Å². The predicted molar refractivity (Wildman–Crippen MR) is 71.0 cm³/mol. The topological polar surface area (TPSA) is 58.4 Å². The molecule has 1 amide bonds. The summed E-state index contributed by atoms with van der Waals surface area (Å²) in [6.07, 6.45) is 5.68. The Balaban J connectivity index is 1.59. The summed E-state index contributed by atoms with van der Waals surface area (Å²) in [6.45, 7) is 1.70. The third-order valence-corrected chi connectivity index (χ3v) is 3.28. The summed E-state index contributed by atoms with van der Waals surface area (Å²) in [5, 5.41) is 3.01. The first kappa shape index (κ1) is 11.8. The van der Waals surface area contributed by atoms with Crippen molar-refractivity contribution in [2.24, 2.45) is 0 Å². The van der Waals surface area contributed by atoms with Crippen molar-refractivity contribution in [3.63, 3.8) is 0 Å². The average molecular weight is 257 g/mol. The van der Waals surface area contributed by atoms with E-state index in [1.807, 2.05) is 18.2 Å². The number of nitrogens with zero attached hydrogens (tertiary/aromatic N) is 2. The number of amides is 1. The lowest BCUT2D eigenvalue weighted by atomic mass is 10.2. The largest absolute Gasteiger partial charge is 0.472 e. The molecule has 0 bridgehead atoms. The number of aromatic nitrogens is 1. The van der Waals surface area contributed by atoms with E-state index in [-0.39, 0.29) is 11.9 Å². The molecule has 1 N–H and O–H groups in total. The molecule has 0 radical (unpaired) electrons. The van der Waals surface area contributed by atoms with Crippen LogP contribution in [0.3, 0.4) is 0 Å². The monoisotopic (exact) mass is 257 g/mol. The zero-order valence-corrected chi connectivity index (χ0v) is 10.5. The van der Waals surface area contributed by atoms with Crippen molar-refractivity contribution in [1.29, 1.82) is 0 Å². The second-order valence-electron chi connectivity index (χ2n) is 4.61. The van der Waals surface area contributed by atoms with Gasteiger partial charge in [0.25, 0.3) is 5.91 Å². The van der Waals surface area contributed by atoms with Crippen molar-refractivity contribution in [2.75, 3.05) is 18.0 Å². The van der Waals surface area contributed by atoms with Crippen LogP contribution in [-0.2, 0) is 0 Å². The predicted octanol–water partition coefficient (Wildman–Crippen LogP) is 1.68. The maximum atomic E-state index is 11.9. The van der Waals surface area contributed by atoms with Gasteiger partial charge < -0.3 is 14.6 Å². The van der Waals surface area contributed by atoms with Gasteiger partial charge in [0.15, 0.2) is 0 Å². The standard InChI is InChI=1S/C14H15N3O2/c18-14(11-5-8-19-10-11)16-12-4-7-17(9-12)13-3-1-2-6-15-13/h1-3,5-6,8,10,12H,4,7,9H2,(H,16,18). The molecule has 1 unspecified atom stereocenters. The number of carbonyl (C=O) groups excluding carboxylic acids is 1. The van der Waals surface area contributed by atoms with Crippen LogP contribution in [-0.4, -0.2) is 30.0 Å². The highest BCUT2D eigenvalue weighted by atomic mass is 16.3. The van der Waals surface area contributed by atoms with Crippen LogP contribution < -0.4 is 10.2 Å². The third kappa shape index (κ3) is 2.59. The number of nitrogens with one attached hydrogen (secondary N) is 1. The lowest BCUT2D eigenvalue weighted by Crippen LogP contribution is -2.37. The van der Waals surface area contributed by atoms with Crippen LogP contribution in [0.25, 0.3) is 0 Å². The number of pyridine rings is 1. The number of hydrogen-bond donors (Lipinski definition) is 1. The Morgan fingerprint density at radius 2 is 2.37 bits per heavy atom. The number of rotatable bonds is 3. The van der Waals surface area contributed by atoms with E-state index < -0.39 is 0 Å². The van der Waals surface area contributed by atoms with E-state index in [4.69, 9.17) is 4.42 Å². The highest BCUT2D eigenvalue weighted by Gasteiger charge is 2.25. The van der Waals surface area contributed by atoms with Gasteiger partial charge in [0.05, 0.1) is 11.8 Å². The Bertz CT molecular complexity index is 539. The minimum Gasteiger partial charge on any atom is -0.472 e. The van der Waals surface area contributed by atoms with Crippen molar-refractivity contribution in [1.82, 2.24) is 10.3 Å². The highest BCUT2D eigenvalue weighted by molar-refractivity contribution is 5.94. The molecular weight excluding hydrogens is 242 g/mol. The fourth-order valence-corrected chi connectivity index (χ4v) is 2.29. The molecule has 2 aromatic rings. The summed E-state index contributed by atoms with van der Waals surface area (Å²) in [5.41, 5.74) is 0.566. The SMILES string of the molecule is O=C(NC1CCN(c2ccccn2)C1)c1ccoc1. The number of hydrogen-bond acceptors (Lipinski definition) is 4. The van der Waals surface area contributed by atoms with Gasteiger partial charge in [-0.15, -0.1) is 0 Å². The molecule has 3 rings (SSSR count). The molecule has 19 heavy (non-hydrogen) atoms. The quantitative estimate of drug-likeness (QED) is 0.909. The fourth-order valence-electron chi connectivity index (χ4n) is 2.29. The molecule has 1 fully saturated rings. The summed E-state index contributed by atoms with van der Waals surface area (Å²) in [5.74, 6) is 0.879. The van der Waals surface area contributed by atoms with E-state index in [0.717, 1.165) is 25.3 Å². The van der Waals surface area contributed by atoms with E-state index in [2.05, 4.69) is 15.2 Å². The molecule has 0 saturated carbocycles. The van der Waals surface area contributed by atoms with Crippen LogP contribution >= 0.6 is 0 Å². The summed E-state index contributed by atoms with van der Waals surface area (Å²) >= 11 is 0. The van der Waals surface area contributed by atoms with Gasteiger partial charge in [-0.25, -0.2) is 4.98 Å². The Morgan fingerprint density at radius 1 is 1.42 bits per heavy atom. The maximum Gasteiger partial charge on any atom is 0.254 e. The molecule has 3 heterocycles. The lowest BCUT2D eigenvalue weighted by molar-refractivity contribution is 0.0940. The van der Waals surface area contributed by atoms with Crippen molar-refractivity contribution in [3.8, 4) is 0 Å². The molecular formula is C14H15N3O2. The van der Waals surface area contributed by atoms with Gasteiger partial charge in [0.1, 0.15) is 12.1 Å². The summed E-state index contributed by atoms with van der Waals surface area (Å²) in [6, 6.07) is 7.68. The first-order chi connectivity index (χ1) is 9.33. The number of furan rings is 1. The van der Waals surface area contributed by atoms with Crippen molar-refractivity contribution >= 4 is 11.7 Å². The molecule has 98 valence electrons. The first-order valence-corrected chi connectivity index (χ1v) is 6.32. The van der Waals surface area contributed by atoms with Gasteiger partial charge in [-0.1, -0.05) is 6.07 Å². The Labute approximate surface area is 111 Å². The molecule has 1 aliphatic rings. The van der Waals surface area contributed by atoms with E-state index >= 15 is 0 Å². The number of carbonyl (C=O) groups is 1. The molecule has 1 aliphatic heterocycles. The van der Waals surface area contributed by atoms with E-state index in [1.54, 1.807) is 12.3 Å². The van der Waals surface area contributed by atoms with Crippen molar-refractivity contribution in [2.45, 2.75) is 12.5 Å². The zero-order chi connectivity index (χ0) is 13.1. The van der Waals surface area contributed by atoms with Gasteiger partial charge in [-0.3, -0.25) is 4.79 Å². The number of anilines is 1. The van der Waals surface area contributed by atoms with Crippen LogP contribution in [0.15, 0.2) is 47.4 Å². The summed E-state index contributed by atoms with van der Waals surface area (Å²) in [7, 11) is 0.